The maximum Gasteiger partial charge on any atom is 0.216 e. The Morgan fingerprint density at radius 2 is 2.29 bits per heavy atom. The Hall–Kier alpha value is -1.16. The van der Waals surface area contributed by atoms with Crippen LogP contribution in [-0.2, 0) is 0 Å². The summed E-state index contributed by atoms with van der Waals surface area (Å²) in [6, 6.07) is -0.484. The second-order valence-corrected chi connectivity index (χ2v) is 3.84. The molecule has 1 atom stereocenters. The van der Waals surface area contributed by atoms with Crippen molar-refractivity contribution in [2.24, 2.45) is 11.7 Å². The first kappa shape index (κ1) is 10.9. The van der Waals surface area contributed by atoms with Gasteiger partial charge in [-0.1, -0.05) is 13.8 Å². The zero-order valence-corrected chi connectivity index (χ0v) is 8.78. The van der Waals surface area contributed by atoms with Crippen molar-refractivity contribution in [3.05, 3.63) is 17.8 Å². The zero-order valence-electron chi connectivity index (χ0n) is 8.78. The van der Waals surface area contributed by atoms with E-state index in [4.69, 9.17) is 10.2 Å². The summed E-state index contributed by atoms with van der Waals surface area (Å²) in [6.45, 7) is 5.75. The highest BCUT2D eigenvalue weighted by molar-refractivity contribution is 5.97. The fourth-order valence-corrected chi connectivity index (χ4v) is 1.27. The van der Waals surface area contributed by atoms with Gasteiger partial charge in [0, 0.05) is 6.92 Å². The van der Waals surface area contributed by atoms with Gasteiger partial charge in [-0.2, -0.15) is 0 Å². The summed E-state index contributed by atoms with van der Waals surface area (Å²) in [5.41, 5.74) is 5.72. The molecular weight excluding hydrogens is 180 g/mol. The second kappa shape index (κ2) is 4.37. The molecule has 1 heterocycles. The van der Waals surface area contributed by atoms with E-state index in [1.165, 1.54) is 6.20 Å². The normalized spacial score (nSPS) is 13.2. The van der Waals surface area contributed by atoms with Crippen molar-refractivity contribution >= 4 is 5.78 Å². The van der Waals surface area contributed by atoms with Crippen LogP contribution in [0, 0.1) is 12.8 Å². The standard InChI is InChI=1S/C10H16N2O2/c1-6(2)4-8(11)10(13)9-5-12-7(3)14-9/h5-6,8H,4,11H2,1-3H3. The van der Waals surface area contributed by atoms with E-state index in [9.17, 15) is 4.79 Å². The Morgan fingerprint density at radius 3 is 2.71 bits per heavy atom. The number of nitrogens with zero attached hydrogens (tertiary/aromatic N) is 1. The minimum atomic E-state index is -0.484. The van der Waals surface area contributed by atoms with Crippen LogP contribution in [-0.4, -0.2) is 16.8 Å². The van der Waals surface area contributed by atoms with Gasteiger partial charge in [0.2, 0.25) is 5.78 Å². The Balaban J connectivity index is 2.65. The van der Waals surface area contributed by atoms with E-state index >= 15 is 0 Å². The van der Waals surface area contributed by atoms with Crippen LogP contribution in [0.25, 0.3) is 0 Å². The molecule has 1 unspecified atom stereocenters. The van der Waals surface area contributed by atoms with Crippen molar-refractivity contribution < 1.29 is 9.21 Å². The van der Waals surface area contributed by atoms with Crippen LogP contribution in [0.5, 0.6) is 0 Å². The molecule has 0 radical (unpaired) electrons. The Kier molecular flexibility index (Phi) is 3.41. The molecule has 0 aliphatic heterocycles. The number of carbonyl (C=O) groups excluding carboxylic acids is 1. The van der Waals surface area contributed by atoms with Crippen molar-refractivity contribution in [1.29, 1.82) is 0 Å². The Labute approximate surface area is 83.5 Å². The average molecular weight is 196 g/mol. The van der Waals surface area contributed by atoms with E-state index in [0.29, 0.717) is 18.2 Å². The fourth-order valence-electron chi connectivity index (χ4n) is 1.27. The molecule has 0 aliphatic carbocycles. The van der Waals surface area contributed by atoms with Crippen LogP contribution in [0.15, 0.2) is 10.6 Å². The molecule has 0 saturated heterocycles. The van der Waals surface area contributed by atoms with Crippen LogP contribution in [0.2, 0.25) is 0 Å². The van der Waals surface area contributed by atoms with Crippen molar-refractivity contribution in [3.8, 4) is 0 Å². The van der Waals surface area contributed by atoms with Crippen molar-refractivity contribution in [2.75, 3.05) is 0 Å². The third-order valence-electron chi connectivity index (χ3n) is 1.93. The molecule has 1 rings (SSSR count). The van der Waals surface area contributed by atoms with E-state index in [1.807, 2.05) is 13.8 Å². The largest absolute Gasteiger partial charge is 0.438 e. The van der Waals surface area contributed by atoms with Crippen molar-refractivity contribution in [3.63, 3.8) is 0 Å². The van der Waals surface area contributed by atoms with Crippen molar-refractivity contribution in [1.82, 2.24) is 4.98 Å². The topological polar surface area (TPSA) is 69.1 Å². The number of nitrogens with two attached hydrogens (primary N) is 1. The molecule has 14 heavy (non-hydrogen) atoms. The number of hydrogen-bond donors (Lipinski definition) is 1. The molecule has 1 aromatic heterocycles. The van der Waals surface area contributed by atoms with E-state index in [-0.39, 0.29) is 11.5 Å². The lowest BCUT2D eigenvalue weighted by atomic mass is 10.0. The summed E-state index contributed by atoms with van der Waals surface area (Å²) in [5.74, 6) is 0.984. The van der Waals surface area contributed by atoms with Gasteiger partial charge in [-0.15, -0.1) is 0 Å². The Bertz CT molecular complexity index is 318. The van der Waals surface area contributed by atoms with Gasteiger partial charge in [-0.05, 0) is 12.3 Å². The van der Waals surface area contributed by atoms with E-state index in [2.05, 4.69) is 4.98 Å². The number of rotatable bonds is 4. The first-order chi connectivity index (χ1) is 6.50. The summed E-state index contributed by atoms with van der Waals surface area (Å²) < 4.78 is 5.11. The third kappa shape index (κ3) is 2.67. The molecule has 1 aromatic rings. The summed E-state index contributed by atoms with van der Waals surface area (Å²) in [4.78, 5) is 15.5. The molecule has 0 amide bonds. The summed E-state index contributed by atoms with van der Waals surface area (Å²) >= 11 is 0. The molecule has 0 spiro atoms. The maximum absolute atomic E-state index is 11.6. The number of oxazole rings is 1. The fraction of sp³-hybridized carbons (Fsp3) is 0.600. The van der Waals surface area contributed by atoms with Gasteiger partial charge in [0.05, 0.1) is 12.2 Å². The maximum atomic E-state index is 11.6. The van der Waals surface area contributed by atoms with Gasteiger partial charge in [0.1, 0.15) is 0 Å². The van der Waals surface area contributed by atoms with Crippen LogP contribution in [0.1, 0.15) is 36.7 Å². The number of aryl methyl sites for hydroxylation is 1. The highest BCUT2D eigenvalue weighted by Gasteiger charge is 2.20. The summed E-state index contributed by atoms with van der Waals surface area (Å²) in [5, 5.41) is 0. The second-order valence-electron chi connectivity index (χ2n) is 3.84. The monoisotopic (exact) mass is 196 g/mol. The molecule has 2 N–H and O–H groups in total. The summed E-state index contributed by atoms with van der Waals surface area (Å²) in [6.07, 6.45) is 2.09. The van der Waals surface area contributed by atoms with Gasteiger partial charge >= 0.3 is 0 Å². The number of ketones is 1. The minimum Gasteiger partial charge on any atom is -0.438 e. The molecule has 0 fully saturated rings. The number of hydrogen-bond acceptors (Lipinski definition) is 4. The molecule has 0 bridgehead atoms. The third-order valence-corrected chi connectivity index (χ3v) is 1.93. The number of carbonyl (C=O) groups is 1. The highest BCUT2D eigenvalue weighted by atomic mass is 16.4. The van der Waals surface area contributed by atoms with Crippen LogP contribution < -0.4 is 5.73 Å². The van der Waals surface area contributed by atoms with Gasteiger partial charge < -0.3 is 10.2 Å². The quantitative estimate of drug-likeness (QED) is 0.741. The van der Waals surface area contributed by atoms with Crippen LogP contribution >= 0.6 is 0 Å². The smallest absolute Gasteiger partial charge is 0.216 e. The molecule has 0 aromatic carbocycles. The summed E-state index contributed by atoms with van der Waals surface area (Å²) in [7, 11) is 0. The lowest BCUT2D eigenvalue weighted by molar-refractivity contribution is 0.0922. The molecule has 78 valence electrons. The van der Waals surface area contributed by atoms with E-state index in [0.717, 1.165) is 0 Å². The zero-order chi connectivity index (χ0) is 10.7. The Morgan fingerprint density at radius 1 is 1.64 bits per heavy atom. The van der Waals surface area contributed by atoms with Crippen LogP contribution in [0.4, 0.5) is 0 Å². The number of aromatic nitrogens is 1. The van der Waals surface area contributed by atoms with Gasteiger partial charge in [0.15, 0.2) is 11.7 Å². The highest BCUT2D eigenvalue weighted by Crippen LogP contribution is 2.10. The number of Topliss-reactive ketones (excluding diaryl/α,β-unsaturated/α-hetero) is 1. The predicted molar refractivity (Wildman–Crippen MR) is 53.0 cm³/mol. The lowest BCUT2D eigenvalue weighted by Gasteiger charge is -2.10. The van der Waals surface area contributed by atoms with Crippen LogP contribution in [0.3, 0.4) is 0 Å². The van der Waals surface area contributed by atoms with Gasteiger partial charge in [-0.3, -0.25) is 4.79 Å². The molecule has 4 nitrogen and oxygen atoms in total. The van der Waals surface area contributed by atoms with Crippen molar-refractivity contribution in [2.45, 2.75) is 33.2 Å². The first-order valence-corrected chi connectivity index (χ1v) is 4.73. The molecule has 0 saturated carbocycles. The average Bonchev–Trinajstić information content (AvgIpc) is 2.49. The molecule has 0 aliphatic rings. The minimum absolute atomic E-state index is 0.167. The molecule has 4 heteroatoms. The van der Waals surface area contributed by atoms with E-state index in [1.54, 1.807) is 6.92 Å². The van der Waals surface area contributed by atoms with Gasteiger partial charge in [-0.25, -0.2) is 4.98 Å². The SMILES string of the molecule is Cc1ncc(C(=O)C(N)CC(C)C)o1. The molecular formula is C10H16N2O2. The lowest BCUT2D eigenvalue weighted by Crippen LogP contribution is -2.31. The predicted octanol–water partition coefficient (Wildman–Crippen LogP) is 1.54. The van der Waals surface area contributed by atoms with Gasteiger partial charge in [0.25, 0.3) is 0 Å². The van der Waals surface area contributed by atoms with E-state index < -0.39 is 6.04 Å². The first-order valence-electron chi connectivity index (χ1n) is 4.73.